The summed E-state index contributed by atoms with van der Waals surface area (Å²) in [5.74, 6) is -0.640. The van der Waals surface area contributed by atoms with E-state index in [9.17, 15) is 24.2 Å². The van der Waals surface area contributed by atoms with Gasteiger partial charge in [-0.15, -0.1) is 0 Å². The van der Waals surface area contributed by atoms with Gasteiger partial charge in [0.15, 0.2) is 0 Å². The highest BCUT2D eigenvalue weighted by Gasteiger charge is 2.65. The summed E-state index contributed by atoms with van der Waals surface area (Å²) in [5.41, 5.74) is -0.321. The van der Waals surface area contributed by atoms with Crippen molar-refractivity contribution >= 4 is 21.8 Å². The molecule has 0 atom stereocenters. The van der Waals surface area contributed by atoms with E-state index in [-0.39, 0.29) is 17.8 Å². The summed E-state index contributed by atoms with van der Waals surface area (Å²) in [5, 5.41) is 2.00. The molecular weight excluding hydrogens is 253 g/mol. The standard InChI is InChI=1S/C8H8F5NOS/c1-6(15)14-7-3-2-4-8(5-7)16(9,10,11,12)13/h2-5H,1H3,(H,14,15). The molecule has 1 aromatic carbocycles. The Labute approximate surface area is 88.2 Å². The normalized spacial score (nSPS) is 16.1. The number of carbonyl (C=O) groups excluding carboxylic acids is 1. The van der Waals surface area contributed by atoms with Crippen molar-refractivity contribution in [2.45, 2.75) is 11.8 Å². The lowest BCUT2D eigenvalue weighted by molar-refractivity contribution is -0.114. The number of benzene rings is 1. The minimum Gasteiger partial charge on any atom is -0.326 e. The Hall–Kier alpha value is -1.31. The minimum atomic E-state index is -9.67. The molecule has 0 bridgehead atoms. The second-order valence-electron chi connectivity index (χ2n) is 3.18. The Kier molecular flexibility index (Phi) is 2.29. The number of amides is 1. The fourth-order valence-electron chi connectivity index (χ4n) is 1.02. The van der Waals surface area contributed by atoms with E-state index in [0.29, 0.717) is 0 Å². The molecule has 0 saturated heterocycles. The molecule has 92 valence electrons. The first kappa shape index (κ1) is 12.8. The Morgan fingerprint density at radius 2 is 1.75 bits per heavy atom. The van der Waals surface area contributed by atoms with Crippen LogP contribution in [0.5, 0.6) is 0 Å². The predicted molar refractivity (Wildman–Crippen MR) is 52.1 cm³/mol. The maximum atomic E-state index is 12.4. The van der Waals surface area contributed by atoms with E-state index in [4.69, 9.17) is 0 Å². The van der Waals surface area contributed by atoms with Crippen molar-refractivity contribution in [1.82, 2.24) is 0 Å². The third-order valence-electron chi connectivity index (χ3n) is 1.60. The number of hydrogen-bond acceptors (Lipinski definition) is 1. The third kappa shape index (κ3) is 3.37. The lowest BCUT2D eigenvalue weighted by Crippen LogP contribution is -2.09. The largest absolute Gasteiger partial charge is 0.326 e. The quantitative estimate of drug-likeness (QED) is 0.790. The van der Waals surface area contributed by atoms with E-state index in [1.165, 1.54) is 0 Å². The zero-order valence-electron chi connectivity index (χ0n) is 8.02. The molecule has 0 spiro atoms. The average Bonchev–Trinajstić information content (AvgIpc) is 1.99. The van der Waals surface area contributed by atoms with Gasteiger partial charge in [0.05, 0.1) is 0 Å². The first-order valence-electron chi connectivity index (χ1n) is 4.00. The molecule has 0 aliphatic carbocycles. The van der Waals surface area contributed by atoms with Crippen LogP contribution in [0.15, 0.2) is 29.2 Å². The summed E-state index contributed by atoms with van der Waals surface area (Å²) >= 11 is 0. The van der Waals surface area contributed by atoms with Gasteiger partial charge >= 0.3 is 10.2 Å². The molecule has 1 aromatic rings. The summed E-state index contributed by atoms with van der Waals surface area (Å²) in [6, 6.07) is 2.38. The third-order valence-corrected chi connectivity index (χ3v) is 2.74. The van der Waals surface area contributed by atoms with Gasteiger partial charge in [-0.2, -0.15) is 0 Å². The maximum absolute atomic E-state index is 12.4. The van der Waals surface area contributed by atoms with Crippen LogP contribution in [0.3, 0.4) is 0 Å². The van der Waals surface area contributed by atoms with Crippen molar-refractivity contribution in [3.05, 3.63) is 24.3 Å². The topological polar surface area (TPSA) is 29.1 Å². The number of carbonyl (C=O) groups is 1. The lowest BCUT2D eigenvalue weighted by atomic mass is 10.3. The van der Waals surface area contributed by atoms with Gasteiger partial charge in [-0.05, 0) is 18.2 Å². The monoisotopic (exact) mass is 261 g/mol. The molecular formula is C8H8F5NOS. The van der Waals surface area contributed by atoms with E-state index < -0.39 is 21.0 Å². The highest BCUT2D eigenvalue weighted by atomic mass is 32.5. The van der Waals surface area contributed by atoms with Crippen molar-refractivity contribution in [2.75, 3.05) is 5.32 Å². The highest BCUT2D eigenvalue weighted by Crippen LogP contribution is 3.02. The van der Waals surface area contributed by atoms with Gasteiger partial charge < -0.3 is 5.32 Å². The van der Waals surface area contributed by atoms with Gasteiger partial charge in [0, 0.05) is 12.6 Å². The number of nitrogens with one attached hydrogen (secondary N) is 1. The fourth-order valence-corrected chi connectivity index (χ4v) is 1.70. The van der Waals surface area contributed by atoms with E-state index in [2.05, 4.69) is 0 Å². The van der Waals surface area contributed by atoms with Crippen LogP contribution in [-0.4, -0.2) is 5.91 Å². The molecule has 0 heterocycles. The Bertz CT molecular complexity index is 440. The molecule has 1 rings (SSSR count). The maximum Gasteiger partial charge on any atom is 0.310 e. The number of anilines is 1. The van der Waals surface area contributed by atoms with Crippen LogP contribution in [0.1, 0.15) is 6.92 Å². The van der Waals surface area contributed by atoms with Crippen LogP contribution in [0, 0.1) is 0 Å². The molecule has 2 nitrogen and oxygen atoms in total. The Morgan fingerprint density at radius 3 is 2.19 bits per heavy atom. The van der Waals surface area contributed by atoms with Gasteiger partial charge in [0.2, 0.25) is 5.91 Å². The second kappa shape index (κ2) is 2.88. The fraction of sp³-hybridized carbons (Fsp3) is 0.125. The minimum absolute atomic E-state index is 0.211. The van der Waals surface area contributed by atoms with E-state index in [0.717, 1.165) is 19.1 Å². The van der Waals surface area contributed by atoms with Gasteiger partial charge in [0.25, 0.3) is 0 Å². The van der Waals surface area contributed by atoms with Gasteiger partial charge in [-0.25, -0.2) is 0 Å². The molecule has 0 radical (unpaired) electrons. The zero-order chi connectivity index (χ0) is 12.7. The number of hydrogen-bond donors (Lipinski definition) is 1. The number of rotatable bonds is 2. The molecule has 0 aromatic heterocycles. The molecule has 0 aliphatic heterocycles. The van der Waals surface area contributed by atoms with E-state index in [1.807, 2.05) is 5.32 Å². The molecule has 0 fully saturated rings. The smallest absolute Gasteiger partial charge is 0.310 e. The summed E-state index contributed by atoms with van der Waals surface area (Å²) in [6.07, 6.45) is 0. The van der Waals surface area contributed by atoms with Gasteiger partial charge in [0.1, 0.15) is 4.90 Å². The van der Waals surface area contributed by atoms with Crippen molar-refractivity contribution in [3.8, 4) is 0 Å². The Balaban J connectivity index is 3.25. The highest BCUT2D eigenvalue weighted by molar-refractivity contribution is 8.45. The Morgan fingerprint density at radius 1 is 1.19 bits per heavy atom. The second-order valence-corrected chi connectivity index (χ2v) is 5.59. The number of halogens is 5. The van der Waals surface area contributed by atoms with Crippen molar-refractivity contribution < 1.29 is 24.2 Å². The summed E-state index contributed by atoms with van der Waals surface area (Å²) in [6.45, 7) is 1.06. The summed E-state index contributed by atoms with van der Waals surface area (Å²) in [7, 11) is -9.67. The average molecular weight is 261 g/mol. The molecule has 0 aliphatic rings. The molecule has 8 heteroatoms. The summed E-state index contributed by atoms with van der Waals surface area (Å²) < 4.78 is 61.8. The zero-order valence-corrected chi connectivity index (χ0v) is 8.83. The van der Waals surface area contributed by atoms with E-state index in [1.54, 1.807) is 0 Å². The van der Waals surface area contributed by atoms with Crippen molar-refractivity contribution in [3.63, 3.8) is 0 Å². The van der Waals surface area contributed by atoms with Crippen LogP contribution in [0.25, 0.3) is 0 Å². The predicted octanol–water partition coefficient (Wildman–Crippen LogP) is 4.30. The SMILES string of the molecule is CC(=O)Nc1cccc(S(F)(F)(F)(F)F)c1. The van der Waals surface area contributed by atoms with Crippen LogP contribution in [0.4, 0.5) is 25.1 Å². The van der Waals surface area contributed by atoms with Gasteiger partial charge in [-0.3, -0.25) is 4.79 Å². The van der Waals surface area contributed by atoms with E-state index >= 15 is 0 Å². The molecule has 1 N–H and O–H groups in total. The molecule has 0 unspecified atom stereocenters. The van der Waals surface area contributed by atoms with Crippen molar-refractivity contribution in [1.29, 1.82) is 0 Å². The van der Waals surface area contributed by atoms with Gasteiger partial charge in [-0.1, -0.05) is 25.5 Å². The molecule has 16 heavy (non-hydrogen) atoms. The first-order valence-corrected chi connectivity index (χ1v) is 5.95. The summed E-state index contributed by atoms with van der Waals surface area (Å²) in [4.78, 5) is 8.54. The van der Waals surface area contributed by atoms with Crippen LogP contribution < -0.4 is 5.32 Å². The lowest BCUT2D eigenvalue weighted by Gasteiger charge is -2.40. The molecule has 0 saturated carbocycles. The first-order chi connectivity index (χ1) is 6.88. The van der Waals surface area contributed by atoms with Crippen LogP contribution >= 0.6 is 10.2 Å². The van der Waals surface area contributed by atoms with Crippen molar-refractivity contribution in [2.24, 2.45) is 0 Å². The molecule has 1 amide bonds. The van der Waals surface area contributed by atoms with Crippen LogP contribution in [0.2, 0.25) is 0 Å². The van der Waals surface area contributed by atoms with Crippen LogP contribution in [-0.2, 0) is 4.79 Å².